The molecule has 2 aromatic rings. The predicted molar refractivity (Wildman–Crippen MR) is 84.9 cm³/mol. The van der Waals surface area contributed by atoms with E-state index < -0.39 is 0 Å². The lowest BCUT2D eigenvalue weighted by Gasteiger charge is -2.12. The van der Waals surface area contributed by atoms with Crippen molar-refractivity contribution in [3.05, 3.63) is 52.4 Å². The fraction of sp³-hybridized carbons (Fsp3) is 0.294. The van der Waals surface area contributed by atoms with Gasteiger partial charge in [0.2, 0.25) is 0 Å². The van der Waals surface area contributed by atoms with Gasteiger partial charge < -0.3 is 14.5 Å². The Morgan fingerprint density at radius 2 is 2.26 bits per heavy atom. The molecule has 3 rings (SSSR count). The molecular formula is C17H16ClNO4. The Balaban J connectivity index is 1.65. The summed E-state index contributed by atoms with van der Waals surface area (Å²) in [5, 5.41) is 3.25. The van der Waals surface area contributed by atoms with Crippen LogP contribution >= 0.6 is 11.6 Å². The minimum absolute atomic E-state index is 0.000920. The molecule has 0 fully saturated rings. The Morgan fingerprint density at radius 3 is 3.00 bits per heavy atom. The van der Waals surface area contributed by atoms with Crippen molar-refractivity contribution < 1.29 is 18.7 Å². The highest BCUT2D eigenvalue weighted by Gasteiger charge is 2.31. The summed E-state index contributed by atoms with van der Waals surface area (Å²) < 4.78 is 10.7. The molecule has 1 unspecified atom stereocenters. The minimum Gasteiger partial charge on any atom is -0.483 e. The minimum atomic E-state index is -0.288. The van der Waals surface area contributed by atoms with Crippen LogP contribution in [0, 0.1) is 0 Å². The van der Waals surface area contributed by atoms with E-state index in [-0.39, 0.29) is 24.2 Å². The van der Waals surface area contributed by atoms with Gasteiger partial charge in [-0.3, -0.25) is 9.59 Å². The van der Waals surface area contributed by atoms with Gasteiger partial charge in [0.1, 0.15) is 11.5 Å². The summed E-state index contributed by atoms with van der Waals surface area (Å²) in [6, 6.07) is 6.86. The number of carbonyl (C=O) groups is 2. The quantitative estimate of drug-likeness (QED) is 0.911. The number of furan rings is 1. The maximum atomic E-state index is 12.1. The third kappa shape index (κ3) is 3.24. The van der Waals surface area contributed by atoms with E-state index in [1.165, 1.54) is 0 Å². The van der Waals surface area contributed by atoms with Crippen LogP contribution < -0.4 is 10.1 Å². The molecular weight excluding hydrogens is 318 g/mol. The monoisotopic (exact) mass is 333 g/mol. The molecule has 0 spiro atoms. The second-order valence-electron chi connectivity index (χ2n) is 5.51. The van der Waals surface area contributed by atoms with E-state index in [1.54, 1.807) is 30.5 Å². The topological polar surface area (TPSA) is 68.5 Å². The van der Waals surface area contributed by atoms with Crippen molar-refractivity contribution in [2.45, 2.75) is 25.8 Å². The van der Waals surface area contributed by atoms with Crippen LogP contribution in [0.4, 0.5) is 0 Å². The zero-order valence-electron chi connectivity index (χ0n) is 12.6. The van der Waals surface area contributed by atoms with Crippen molar-refractivity contribution in [3.63, 3.8) is 0 Å². The summed E-state index contributed by atoms with van der Waals surface area (Å²) in [6.07, 6.45) is 1.96. The Bertz CT molecular complexity index is 739. The normalized spacial score (nSPS) is 16.3. The Kier molecular flexibility index (Phi) is 4.39. The Morgan fingerprint density at radius 1 is 1.43 bits per heavy atom. The number of amides is 1. The average Bonchev–Trinajstić information content (AvgIpc) is 3.13. The summed E-state index contributed by atoms with van der Waals surface area (Å²) in [5.41, 5.74) is 1.31. The van der Waals surface area contributed by atoms with Gasteiger partial charge in [0.05, 0.1) is 18.4 Å². The van der Waals surface area contributed by atoms with Gasteiger partial charge in [-0.1, -0.05) is 18.5 Å². The highest BCUT2D eigenvalue weighted by atomic mass is 35.5. The van der Waals surface area contributed by atoms with Gasteiger partial charge in [-0.25, -0.2) is 0 Å². The SMILES string of the molecule is CC1CC(=O)c2c(OCC(=O)NCc3ccco3)ccc(Cl)c21. The average molecular weight is 334 g/mol. The maximum absolute atomic E-state index is 12.1. The molecule has 0 saturated carbocycles. The summed E-state index contributed by atoms with van der Waals surface area (Å²) in [5.74, 6) is 0.854. The largest absolute Gasteiger partial charge is 0.483 e. The zero-order chi connectivity index (χ0) is 16.4. The lowest BCUT2D eigenvalue weighted by atomic mass is 10.0. The van der Waals surface area contributed by atoms with Crippen molar-refractivity contribution in [1.82, 2.24) is 5.32 Å². The standard InChI is InChI=1S/C17H16ClNO4/c1-10-7-13(20)17-14(5-4-12(18)16(10)17)23-9-15(21)19-8-11-3-2-6-22-11/h2-6,10H,7-9H2,1H3,(H,19,21). The first-order valence-electron chi connectivity index (χ1n) is 7.33. The van der Waals surface area contributed by atoms with Gasteiger partial charge in [0, 0.05) is 11.4 Å². The first-order valence-corrected chi connectivity index (χ1v) is 7.71. The van der Waals surface area contributed by atoms with Crippen LogP contribution in [0.1, 0.15) is 40.9 Å². The van der Waals surface area contributed by atoms with Crippen LogP contribution in [0.5, 0.6) is 5.75 Å². The molecule has 1 heterocycles. The number of fused-ring (bicyclic) bond motifs is 1. The van der Waals surface area contributed by atoms with E-state index in [9.17, 15) is 9.59 Å². The van der Waals surface area contributed by atoms with E-state index in [1.807, 2.05) is 6.92 Å². The molecule has 23 heavy (non-hydrogen) atoms. The second-order valence-corrected chi connectivity index (χ2v) is 5.91. The molecule has 0 aliphatic heterocycles. The number of ether oxygens (including phenoxy) is 1. The molecule has 1 aliphatic rings. The van der Waals surface area contributed by atoms with Crippen molar-refractivity contribution >= 4 is 23.3 Å². The van der Waals surface area contributed by atoms with Gasteiger partial charge in [-0.05, 0) is 35.7 Å². The molecule has 5 nitrogen and oxygen atoms in total. The third-order valence-corrected chi connectivity index (χ3v) is 4.15. The molecule has 120 valence electrons. The smallest absolute Gasteiger partial charge is 0.258 e. The van der Waals surface area contributed by atoms with Crippen molar-refractivity contribution in [2.75, 3.05) is 6.61 Å². The molecule has 0 bridgehead atoms. The predicted octanol–water partition coefficient (Wildman–Crippen LogP) is 3.32. The molecule has 1 aliphatic carbocycles. The summed E-state index contributed by atoms with van der Waals surface area (Å²) >= 11 is 6.17. The number of ketones is 1. The molecule has 6 heteroatoms. The number of hydrogen-bond acceptors (Lipinski definition) is 4. The van der Waals surface area contributed by atoms with Gasteiger partial charge >= 0.3 is 0 Å². The Labute approximate surface area is 138 Å². The number of hydrogen-bond donors (Lipinski definition) is 1. The van der Waals surface area contributed by atoms with Crippen LogP contribution in [-0.4, -0.2) is 18.3 Å². The third-order valence-electron chi connectivity index (χ3n) is 3.82. The zero-order valence-corrected chi connectivity index (χ0v) is 13.4. The summed E-state index contributed by atoms with van der Waals surface area (Å²) in [7, 11) is 0. The molecule has 0 radical (unpaired) electrons. The number of carbonyl (C=O) groups excluding carboxylic acids is 2. The van der Waals surface area contributed by atoms with Crippen LogP contribution in [0.15, 0.2) is 34.9 Å². The lowest BCUT2D eigenvalue weighted by Crippen LogP contribution is -2.28. The number of halogens is 1. The van der Waals surface area contributed by atoms with Gasteiger partial charge in [-0.2, -0.15) is 0 Å². The highest BCUT2D eigenvalue weighted by molar-refractivity contribution is 6.32. The van der Waals surface area contributed by atoms with Gasteiger partial charge in [0.15, 0.2) is 12.4 Å². The first-order chi connectivity index (χ1) is 11.1. The Hall–Kier alpha value is -2.27. The van der Waals surface area contributed by atoms with Gasteiger partial charge in [0.25, 0.3) is 5.91 Å². The van der Waals surface area contributed by atoms with E-state index >= 15 is 0 Å². The van der Waals surface area contributed by atoms with E-state index in [2.05, 4.69) is 5.32 Å². The van der Waals surface area contributed by atoms with Crippen LogP contribution in [-0.2, 0) is 11.3 Å². The molecule has 0 saturated heterocycles. The van der Waals surface area contributed by atoms with E-state index in [0.717, 1.165) is 5.56 Å². The molecule has 1 aromatic heterocycles. The van der Waals surface area contributed by atoms with Crippen molar-refractivity contribution in [2.24, 2.45) is 0 Å². The molecule has 1 atom stereocenters. The first kappa shape index (κ1) is 15.6. The highest BCUT2D eigenvalue weighted by Crippen LogP contribution is 2.42. The fourth-order valence-corrected chi connectivity index (χ4v) is 3.08. The van der Waals surface area contributed by atoms with Gasteiger partial charge in [-0.15, -0.1) is 0 Å². The summed E-state index contributed by atoms with van der Waals surface area (Å²) in [4.78, 5) is 24.0. The van der Waals surface area contributed by atoms with E-state index in [0.29, 0.717) is 35.1 Å². The molecule has 1 aromatic carbocycles. The van der Waals surface area contributed by atoms with Crippen molar-refractivity contribution in [3.8, 4) is 5.75 Å². The van der Waals surface area contributed by atoms with Crippen LogP contribution in [0.3, 0.4) is 0 Å². The number of Topliss-reactive ketones (excluding diaryl/α,β-unsaturated/α-hetero) is 1. The van der Waals surface area contributed by atoms with Crippen molar-refractivity contribution in [1.29, 1.82) is 0 Å². The summed E-state index contributed by atoms with van der Waals surface area (Å²) in [6.45, 7) is 2.08. The number of benzene rings is 1. The maximum Gasteiger partial charge on any atom is 0.258 e. The molecule has 1 amide bonds. The van der Waals surface area contributed by atoms with Crippen LogP contribution in [0.2, 0.25) is 5.02 Å². The lowest BCUT2D eigenvalue weighted by molar-refractivity contribution is -0.123. The van der Waals surface area contributed by atoms with E-state index in [4.69, 9.17) is 20.8 Å². The van der Waals surface area contributed by atoms with Crippen LogP contribution in [0.25, 0.3) is 0 Å². The molecule has 1 N–H and O–H groups in total. The number of nitrogens with one attached hydrogen (secondary N) is 1. The fourth-order valence-electron chi connectivity index (χ4n) is 2.74. The second kappa shape index (κ2) is 6.46. The number of rotatable bonds is 5.